The van der Waals surface area contributed by atoms with E-state index in [-0.39, 0.29) is 17.5 Å². The fourth-order valence-corrected chi connectivity index (χ4v) is 4.30. The summed E-state index contributed by atoms with van der Waals surface area (Å²) in [5.41, 5.74) is 4.56. The third-order valence-electron chi connectivity index (χ3n) is 5.77. The van der Waals surface area contributed by atoms with Crippen molar-refractivity contribution < 1.29 is 4.79 Å². The number of benzene rings is 2. The van der Waals surface area contributed by atoms with Crippen LogP contribution in [0.25, 0.3) is 0 Å². The molecule has 2 aliphatic rings. The molecule has 4 rings (SSSR count). The first kappa shape index (κ1) is 17.9. The van der Waals surface area contributed by atoms with E-state index < -0.39 is 0 Å². The molecule has 4 heteroatoms. The molecule has 27 heavy (non-hydrogen) atoms. The number of hydrogen-bond donors (Lipinski definition) is 3. The predicted molar refractivity (Wildman–Crippen MR) is 111 cm³/mol. The number of amides is 1. The molecule has 4 nitrogen and oxygen atoms in total. The molecule has 1 saturated carbocycles. The van der Waals surface area contributed by atoms with Crippen LogP contribution in [0.5, 0.6) is 0 Å². The van der Waals surface area contributed by atoms with Gasteiger partial charge in [-0.25, -0.2) is 0 Å². The Morgan fingerprint density at radius 2 is 1.56 bits per heavy atom. The third kappa shape index (κ3) is 4.26. The zero-order valence-electron chi connectivity index (χ0n) is 16.1. The lowest BCUT2D eigenvalue weighted by Gasteiger charge is -2.26. The summed E-state index contributed by atoms with van der Waals surface area (Å²) in [5.74, 6) is 0.447. The highest BCUT2D eigenvalue weighted by Crippen LogP contribution is 2.35. The van der Waals surface area contributed by atoms with Crippen LogP contribution in [-0.4, -0.2) is 11.6 Å². The highest BCUT2D eigenvalue weighted by atomic mass is 16.1. The van der Waals surface area contributed by atoms with E-state index in [1.165, 1.54) is 24.8 Å². The molecule has 2 aromatic rings. The smallest absolute Gasteiger partial charge is 0.223 e. The van der Waals surface area contributed by atoms with Crippen molar-refractivity contribution in [2.75, 3.05) is 10.6 Å². The van der Waals surface area contributed by atoms with Gasteiger partial charge >= 0.3 is 0 Å². The van der Waals surface area contributed by atoms with Crippen LogP contribution in [-0.2, 0) is 17.8 Å². The Kier molecular flexibility index (Phi) is 5.06. The minimum atomic E-state index is -0.180. The van der Waals surface area contributed by atoms with Crippen LogP contribution in [0.4, 0.5) is 11.4 Å². The van der Waals surface area contributed by atoms with Crippen molar-refractivity contribution in [2.45, 2.75) is 57.7 Å². The molecule has 0 aromatic heterocycles. The lowest BCUT2D eigenvalue weighted by atomic mass is 9.88. The molecular formula is C23H29N3O. The van der Waals surface area contributed by atoms with E-state index in [0.717, 1.165) is 36.2 Å². The molecule has 0 radical (unpaired) electrons. The van der Waals surface area contributed by atoms with Crippen molar-refractivity contribution >= 4 is 17.3 Å². The molecule has 1 aliphatic carbocycles. The maximum Gasteiger partial charge on any atom is 0.223 e. The van der Waals surface area contributed by atoms with Crippen LogP contribution >= 0.6 is 0 Å². The van der Waals surface area contributed by atoms with Crippen LogP contribution < -0.4 is 16.0 Å². The molecular weight excluding hydrogens is 334 g/mol. The lowest BCUT2D eigenvalue weighted by Crippen LogP contribution is -2.40. The fourth-order valence-electron chi connectivity index (χ4n) is 4.30. The SMILES string of the molecule is CC1(Cc2ccc(CNC(=O)C3CCCCC3)cc2)Nc2ccccc2N1. The van der Waals surface area contributed by atoms with Crippen molar-refractivity contribution in [1.29, 1.82) is 0 Å². The topological polar surface area (TPSA) is 53.2 Å². The number of para-hydroxylation sites is 2. The predicted octanol–water partition coefficient (Wildman–Crippen LogP) is 4.68. The van der Waals surface area contributed by atoms with Crippen molar-refractivity contribution in [2.24, 2.45) is 5.92 Å². The molecule has 0 bridgehead atoms. The van der Waals surface area contributed by atoms with E-state index in [2.05, 4.69) is 71.4 Å². The molecule has 3 N–H and O–H groups in total. The van der Waals surface area contributed by atoms with Gasteiger partial charge in [0.25, 0.3) is 0 Å². The van der Waals surface area contributed by atoms with E-state index in [1.54, 1.807) is 0 Å². The standard InChI is InChI=1S/C23H29N3O/c1-23(25-20-9-5-6-10-21(20)26-23)15-17-11-13-18(14-12-17)16-24-22(27)19-7-3-2-4-8-19/h5-6,9-14,19,25-26H,2-4,7-8,15-16H2,1H3,(H,24,27). The van der Waals surface area contributed by atoms with Crippen LogP contribution in [0.3, 0.4) is 0 Å². The minimum Gasteiger partial charge on any atom is -0.361 e. The summed E-state index contributed by atoms with van der Waals surface area (Å²) in [6, 6.07) is 16.9. The summed E-state index contributed by atoms with van der Waals surface area (Å²) in [5, 5.41) is 10.3. The van der Waals surface area contributed by atoms with E-state index in [9.17, 15) is 4.79 Å². The van der Waals surface area contributed by atoms with Crippen molar-refractivity contribution in [3.8, 4) is 0 Å². The molecule has 0 saturated heterocycles. The van der Waals surface area contributed by atoms with E-state index in [0.29, 0.717) is 6.54 Å². The third-order valence-corrected chi connectivity index (χ3v) is 5.77. The number of hydrogen-bond acceptors (Lipinski definition) is 3. The molecule has 0 atom stereocenters. The summed E-state index contributed by atoms with van der Waals surface area (Å²) in [6.45, 7) is 2.81. The average molecular weight is 364 g/mol. The van der Waals surface area contributed by atoms with Crippen LogP contribution in [0, 0.1) is 5.92 Å². The van der Waals surface area contributed by atoms with E-state index in [1.807, 2.05) is 0 Å². The van der Waals surface area contributed by atoms with Crippen molar-refractivity contribution in [1.82, 2.24) is 5.32 Å². The Morgan fingerprint density at radius 1 is 0.963 bits per heavy atom. The minimum absolute atomic E-state index is 0.180. The van der Waals surface area contributed by atoms with Gasteiger partial charge in [-0.1, -0.05) is 55.7 Å². The molecule has 1 fully saturated rings. The molecule has 1 amide bonds. The molecule has 142 valence electrons. The Hall–Kier alpha value is -2.49. The highest BCUT2D eigenvalue weighted by Gasteiger charge is 2.31. The van der Waals surface area contributed by atoms with E-state index >= 15 is 0 Å². The monoisotopic (exact) mass is 363 g/mol. The van der Waals surface area contributed by atoms with Crippen LogP contribution in [0.2, 0.25) is 0 Å². The maximum atomic E-state index is 12.3. The van der Waals surface area contributed by atoms with Gasteiger partial charge in [-0.15, -0.1) is 0 Å². The molecule has 1 heterocycles. The van der Waals surface area contributed by atoms with Crippen molar-refractivity contribution in [3.05, 3.63) is 59.7 Å². The first-order valence-corrected chi connectivity index (χ1v) is 10.1. The van der Waals surface area contributed by atoms with Gasteiger partial charge in [0.1, 0.15) is 5.66 Å². The second-order valence-electron chi connectivity index (χ2n) is 8.17. The normalized spacial score (nSPS) is 18.3. The summed E-state index contributed by atoms with van der Waals surface area (Å²) in [7, 11) is 0. The maximum absolute atomic E-state index is 12.3. The Morgan fingerprint density at radius 3 is 2.19 bits per heavy atom. The molecule has 0 unspecified atom stereocenters. The summed E-state index contributed by atoms with van der Waals surface area (Å²) < 4.78 is 0. The van der Waals surface area contributed by atoms with Gasteiger partial charge in [0.15, 0.2) is 0 Å². The van der Waals surface area contributed by atoms with Gasteiger partial charge in [0, 0.05) is 18.9 Å². The first-order valence-electron chi connectivity index (χ1n) is 10.1. The molecule has 2 aromatic carbocycles. The van der Waals surface area contributed by atoms with Crippen LogP contribution in [0.1, 0.15) is 50.2 Å². The lowest BCUT2D eigenvalue weighted by molar-refractivity contribution is -0.126. The summed E-state index contributed by atoms with van der Waals surface area (Å²) >= 11 is 0. The van der Waals surface area contributed by atoms with Crippen LogP contribution in [0.15, 0.2) is 48.5 Å². The largest absolute Gasteiger partial charge is 0.361 e. The van der Waals surface area contributed by atoms with Crippen molar-refractivity contribution in [3.63, 3.8) is 0 Å². The number of nitrogens with one attached hydrogen (secondary N) is 3. The highest BCUT2D eigenvalue weighted by molar-refractivity contribution is 5.78. The number of fused-ring (bicyclic) bond motifs is 1. The second-order valence-corrected chi connectivity index (χ2v) is 8.17. The van der Waals surface area contributed by atoms with Gasteiger partial charge in [-0.3, -0.25) is 4.79 Å². The average Bonchev–Trinajstić information content (AvgIpc) is 3.03. The molecule has 0 spiro atoms. The zero-order chi connectivity index (χ0) is 18.7. The molecule has 1 aliphatic heterocycles. The number of anilines is 2. The quantitative estimate of drug-likeness (QED) is 0.723. The number of carbonyl (C=O) groups is 1. The second kappa shape index (κ2) is 7.63. The van der Waals surface area contributed by atoms with Gasteiger partial charge in [0.2, 0.25) is 5.91 Å². The van der Waals surface area contributed by atoms with Gasteiger partial charge in [-0.2, -0.15) is 0 Å². The van der Waals surface area contributed by atoms with E-state index in [4.69, 9.17) is 0 Å². The number of carbonyl (C=O) groups excluding carboxylic acids is 1. The zero-order valence-corrected chi connectivity index (χ0v) is 16.1. The fraction of sp³-hybridized carbons (Fsp3) is 0.435. The summed E-state index contributed by atoms with van der Waals surface area (Å²) in [4.78, 5) is 12.3. The Labute approximate surface area is 161 Å². The van der Waals surface area contributed by atoms with Gasteiger partial charge < -0.3 is 16.0 Å². The number of rotatable bonds is 5. The van der Waals surface area contributed by atoms with Gasteiger partial charge in [0.05, 0.1) is 11.4 Å². The Bertz CT molecular complexity index is 769. The Balaban J connectivity index is 1.31. The van der Waals surface area contributed by atoms with Gasteiger partial charge in [-0.05, 0) is 43.0 Å². The first-order chi connectivity index (χ1) is 13.1. The summed E-state index contributed by atoms with van der Waals surface area (Å²) in [6.07, 6.45) is 6.64.